The van der Waals surface area contributed by atoms with Crippen LogP contribution in [0.2, 0.25) is 0 Å². The lowest BCUT2D eigenvalue weighted by Crippen LogP contribution is -2.42. The number of benzene rings is 1. The molecule has 3 rings (SSSR count). The van der Waals surface area contributed by atoms with Crippen LogP contribution >= 0.6 is 15.9 Å². The van der Waals surface area contributed by atoms with Gasteiger partial charge in [-0.15, -0.1) is 0 Å². The van der Waals surface area contributed by atoms with Gasteiger partial charge < -0.3 is 14.8 Å². The monoisotopic (exact) mass is 354 g/mol. The predicted molar refractivity (Wildman–Crippen MR) is 86.9 cm³/mol. The highest BCUT2D eigenvalue weighted by molar-refractivity contribution is 9.10. The Morgan fingerprint density at radius 1 is 1.24 bits per heavy atom. The first-order valence-electron chi connectivity index (χ1n) is 7.77. The summed E-state index contributed by atoms with van der Waals surface area (Å²) in [5, 5.41) is 3.56. The van der Waals surface area contributed by atoms with Gasteiger partial charge in [0, 0.05) is 19.1 Å². The Morgan fingerprint density at radius 2 is 2.05 bits per heavy atom. The highest BCUT2D eigenvalue weighted by Gasteiger charge is 2.19. The smallest absolute Gasteiger partial charge is 0.231 e. The number of likely N-dealkylation sites (tertiary alicyclic amines) is 1. The summed E-state index contributed by atoms with van der Waals surface area (Å²) in [6.07, 6.45) is 4.08. The Hall–Kier alpha value is -0.780. The van der Waals surface area contributed by atoms with Crippen LogP contribution in [0.25, 0.3) is 0 Å². The molecule has 4 nitrogen and oxygen atoms in total. The molecule has 1 atom stereocenters. The van der Waals surface area contributed by atoms with E-state index in [4.69, 9.17) is 9.47 Å². The van der Waals surface area contributed by atoms with Crippen LogP contribution in [0.15, 0.2) is 16.6 Å². The van der Waals surface area contributed by atoms with Gasteiger partial charge in [-0.25, -0.2) is 0 Å². The standard InChI is InChI=1S/C16H23BrN2O2/c1-12(19-5-3-2-4-6-19)9-18-10-13-7-14(17)16-15(8-13)20-11-21-16/h7-8,12,18H,2-6,9-11H2,1H3. The van der Waals surface area contributed by atoms with E-state index in [1.54, 1.807) is 0 Å². The van der Waals surface area contributed by atoms with Gasteiger partial charge in [-0.05, 0) is 66.5 Å². The highest BCUT2D eigenvalue weighted by atomic mass is 79.9. The molecular formula is C16H23BrN2O2. The maximum absolute atomic E-state index is 5.45. The van der Waals surface area contributed by atoms with Gasteiger partial charge in [-0.1, -0.05) is 6.42 Å². The van der Waals surface area contributed by atoms with Gasteiger partial charge in [0.15, 0.2) is 11.5 Å². The number of hydrogen-bond donors (Lipinski definition) is 1. The molecule has 1 saturated heterocycles. The molecule has 5 heteroatoms. The minimum absolute atomic E-state index is 0.316. The van der Waals surface area contributed by atoms with Gasteiger partial charge in [-0.2, -0.15) is 0 Å². The third kappa shape index (κ3) is 3.71. The van der Waals surface area contributed by atoms with E-state index in [-0.39, 0.29) is 0 Å². The minimum Gasteiger partial charge on any atom is -0.454 e. The lowest BCUT2D eigenvalue weighted by atomic mass is 10.1. The topological polar surface area (TPSA) is 33.7 Å². The molecule has 1 fully saturated rings. The van der Waals surface area contributed by atoms with Crippen molar-refractivity contribution in [2.45, 2.75) is 38.8 Å². The molecule has 0 radical (unpaired) electrons. The summed E-state index contributed by atoms with van der Waals surface area (Å²) in [6, 6.07) is 4.76. The second-order valence-electron chi connectivity index (χ2n) is 5.89. The van der Waals surface area contributed by atoms with E-state index in [0.29, 0.717) is 12.8 Å². The van der Waals surface area contributed by atoms with Crippen molar-refractivity contribution in [3.63, 3.8) is 0 Å². The Labute approximate surface area is 134 Å². The Morgan fingerprint density at radius 3 is 2.86 bits per heavy atom. The lowest BCUT2D eigenvalue weighted by molar-refractivity contribution is 0.170. The second-order valence-corrected chi connectivity index (χ2v) is 6.74. The van der Waals surface area contributed by atoms with Crippen molar-refractivity contribution in [3.8, 4) is 11.5 Å². The number of ether oxygens (including phenoxy) is 2. The number of nitrogens with zero attached hydrogens (tertiary/aromatic N) is 1. The van der Waals surface area contributed by atoms with Crippen molar-refractivity contribution in [2.75, 3.05) is 26.4 Å². The van der Waals surface area contributed by atoms with Crippen LogP contribution in [0.1, 0.15) is 31.7 Å². The second kappa shape index (κ2) is 6.99. The summed E-state index contributed by atoms with van der Waals surface area (Å²) in [5.74, 6) is 1.66. The molecule has 116 valence electrons. The fraction of sp³-hybridized carbons (Fsp3) is 0.625. The van der Waals surface area contributed by atoms with Crippen molar-refractivity contribution >= 4 is 15.9 Å². The first-order chi connectivity index (χ1) is 10.2. The number of halogens is 1. The van der Waals surface area contributed by atoms with Crippen molar-refractivity contribution in [1.29, 1.82) is 0 Å². The van der Waals surface area contributed by atoms with Crippen LogP contribution in [-0.4, -0.2) is 37.4 Å². The van der Waals surface area contributed by atoms with E-state index in [1.165, 1.54) is 37.9 Å². The molecule has 0 spiro atoms. The number of hydrogen-bond acceptors (Lipinski definition) is 4. The third-order valence-electron chi connectivity index (χ3n) is 4.27. The fourth-order valence-corrected chi connectivity index (χ4v) is 3.64. The Bertz CT molecular complexity index is 489. The van der Waals surface area contributed by atoms with Gasteiger partial charge in [0.1, 0.15) is 0 Å². The third-order valence-corrected chi connectivity index (χ3v) is 4.86. The molecule has 0 amide bonds. The van der Waals surface area contributed by atoms with E-state index in [9.17, 15) is 0 Å². The highest BCUT2D eigenvalue weighted by Crippen LogP contribution is 2.39. The summed E-state index contributed by atoms with van der Waals surface area (Å²) in [4.78, 5) is 2.59. The minimum atomic E-state index is 0.316. The number of fused-ring (bicyclic) bond motifs is 1. The van der Waals surface area contributed by atoms with Crippen molar-refractivity contribution < 1.29 is 9.47 Å². The molecule has 0 aromatic heterocycles. The van der Waals surface area contributed by atoms with Gasteiger partial charge in [0.25, 0.3) is 0 Å². The van der Waals surface area contributed by atoms with Crippen molar-refractivity contribution in [2.24, 2.45) is 0 Å². The lowest BCUT2D eigenvalue weighted by Gasteiger charge is -2.32. The van der Waals surface area contributed by atoms with Gasteiger partial charge in [-0.3, -0.25) is 4.90 Å². The summed E-state index contributed by atoms with van der Waals surface area (Å²) in [7, 11) is 0. The SMILES string of the molecule is CC(CNCc1cc(Br)c2c(c1)OCO2)N1CCCCC1. The molecule has 1 N–H and O–H groups in total. The van der Waals surface area contributed by atoms with Crippen LogP contribution in [0.3, 0.4) is 0 Å². The first kappa shape index (κ1) is 15.1. The Kier molecular flexibility index (Phi) is 5.03. The van der Waals surface area contributed by atoms with E-state index in [0.717, 1.165) is 29.1 Å². The largest absolute Gasteiger partial charge is 0.454 e. The molecule has 2 aliphatic rings. The van der Waals surface area contributed by atoms with Gasteiger partial charge in [0.2, 0.25) is 6.79 Å². The zero-order chi connectivity index (χ0) is 14.7. The maximum atomic E-state index is 5.45. The molecule has 1 unspecified atom stereocenters. The van der Waals surface area contributed by atoms with E-state index in [2.05, 4.69) is 45.2 Å². The molecule has 0 saturated carbocycles. The van der Waals surface area contributed by atoms with Crippen LogP contribution in [0.5, 0.6) is 11.5 Å². The average Bonchev–Trinajstić information content (AvgIpc) is 2.97. The molecule has 21 heavy (non-hydrogen) atoms. The van der Waals surface area contributed by atoms with Crippen LogP contribution < -0.4 is 14.8 Å². The summed E-state index contributed by atoms with van der Waals surface area (Å²) >= 11 is 3.54. The van der Waals surface area contributed by atoms with Crippen molar-refractivity contribution in [1.82, 2.24) is 10.2 Å². The predicted octanol–water partition coefficient (Wildman–Crippen LogP) is 3.14. The molecule has 0 bridgehead atoms. The maximum Gasteiger partial charge on any atom is 0.231 e. The number of rotatable bonds is 5. The quantitative estimate of drug-likeness (QED) is 0.880. The summed E-state index contributed by atoms with van der Waals surface area (Å²) in [5.41, 5.74) is 1.22. The van der Waals surface area contributed by atoms with E-state index >= 15 is 0 Å². The molecular weight excluding hydrogens is 332 g/mol. The fourth-order valence-electron chi connectivity index (χ4n) is 3.04. The molecule has 2 heterocycles. The normalized spacial score (nSPS) is 19.7. The Balaban J connectivity index is 1.50. The van der Waals surface area contributed by atoms with E-state index < -0.39 is 0 Å². The van der Waals surface area contributed by atoms with Crippen LogP contribution in [0.4, 0.5) is 0 Å². The summed E-state index contributed by atoms with van der Waals surface area (Å²) < 4.78 is 11.8. The molecule has 1 aromatic carbocycles. The zero-order valence-corrected chi connectivity index (χ0v) is 14.1. The molecule has 0 aliphatic carbocycles. The number of nitrogens with one attached hydrogen (secondary N) is 1. The first-order valence-corrected chi connectivity index (χ1v) is 8.56. The number of piperidine rings is 1. The van der Waals surface area contributed by atoms with Gasteiger partial charge >= 0.3 is 0 Å². The van der Waals surface area contributed by atoms with Crippen LogP contribution in [-0.2, 0) is 6.54 Å². The summed E-state index contributed by atoms with van der Waals surface area (Å²) in [6.45, 7) is 7.00. The average molecular weight is 355 g/mol. The molecule has 1 aromatic rings. The van der Waals surface area contributed by atoms with Gasteiger partial charge in [0.05, 0.1) is 4.47 Å². The zero-order valence-electron chi connectivity index (χ0n) is 12.5. The van der Waals surface area contributed by atoms with Crippen molar-refractivity contribution in [3.05, 3.63) is 22.2 Å². The van der Waals surface area contributed by atoms with E-state index in [1.807, 2.05) is 0 Å². The van der Waals surface area contributed by atoms with Crippen LogP contribution in [0, 0.1) is 0 Å². The molecule has 2 aliphatic heterocycles.